The van der Waals surface area contributed by atoms with E-state index in [4.69, 9.17) is 23.7 Å². The number of aliphatic carboxylic acids is 1. The Balaban J connectivity index is 2.70. The van der Waals surface area contributed by atoms with Crippen LogP contribution in [0.25, 0.3) is 0 Å². The van der Waals surface area contributed by atoms with E-state index < -0.39 is 67.3 Å². The Morgan fingerprint density at radius 3 is 1.37 bits per heavy atom. The number of unbranched alkanes of at least 4 members (excludes halogenated alkanes) is 25. The largest absolute Gasteiger partial charge is 0.479 e. The van der Waals surface area contributed by atoms with Gasteiger partial charge in [-0.25, -0.2) is 4.79 Å². The number of carbonyl (C=O) groups is 4. The minimum atomic E-state index is -1.91. The molecule has 0 spiro atoms. The molecule has 0 saturated carbocycles. The van der Waals surface area contributed by atoms with Crippen molar-refractivity contribution in [2.45, 2.75) is 289 Å². The zero-order valence-electron chi connectivity index (χ0n) is 46.1. The van der Waals surface area contributed by atoms with Crippen molar-refractivity contribution in [2.24, 2.45) is 0 Å². The number of allylic oxidation sites excluding steroid dienone is 10. The van der Waals surface area contributed by atoms with Crippen LogP contribution in [0.15, 0.2) is 60.8 Å². The number of hydrogen-bond donors (Lipinski definition) is 3. The van der Waals surface area contributed by atoms with Crippen LogP contribution in [0, 0.1) is 0 Å². The van der Waals surface area contributed by atoms with Crippen molar-refractivity contribution in [3.63, 3.8) is 0 Å². The molecule has 6 unspecified atom stereocenters. The Morgan fingerprint density at radius 1 is 0.466 bits per heavy atom. The number of ether oxygens (including phenoxy) is 5. The molecule has 1 aliphatic heterocycles. The second-order valence-electron chi connectivity index (χ2n) is 19.9. The van der Waals surface area contributed by atoms with Gasteiger partial charge in [0.25, 0.3) is 0 Å². The summed E-state index contributed by atoms with van der Waals surface area (Å²) in [6.45, 7) is 5.80. The minimum Gasteiger partial charge on any atom is -0.479 e. The zero-order chi connectivity index (χ0) is 53.3. The molecule has 12 heteroatoms. The summed E-state index contributed by atoms with van der Waals surface area (Å²) < 4.78 is 28.4. The van der Waals surface area contributed by atoms with Crippen LogP contribution < -0.4 is 0 Å². The van der Waals surface area contributed by atoms with Crippen LogP contribution in [0.3, 0.4) is 0 Å². The van der Waals surface area contributed by atoms with E-state index in [2.05, 4.69) is 81.5 Å². The molecule has 0 aromatic heterocycles. The van der Waals surface area contributed by atoms with Gasteiger partial charge in [0.15, 0.2) is 24.6 Å². The van der Waals surface area contributed by atoms with Crippen LogP contribution in [0.2, 0.25) is 0 Å². The van der Waals surface area contributed by atoms with Crippen LogP contribution in [0.5, 0.6) is 0 Å². The maximum absolute atomic E-state index is 13.1. The number of aliphatic hydroxyl groups is 2. The number of carboxylic acid groups (broad SMARTS) is 1. The van der Waals surface area contributed by atoms with E-state index in [1.165, 1.54) is 70.6 Å². The summed E-state index contributed by atoms with van der Waals surface area (Å²) in [5.74, 6) is -3.14. The third kappa shape index (κ3) is 39.5. The van der Waals surface area contributed by atoms with Crippen LogP contribution in [-0.4, -0.2) is 89.2 Å². The zero-order valence-corrected chi connectivity index (χ0v) is 46.1. The molecule has 1 saturated heterocycles. The third-order valence-electron chi connectivity index (χ3n) is 13.1. The molecule has 0 aliphatic carbocycles. The Bertz CT molecular complexity index is 1500. The molecule has 0 aromatic carbocycles. The average Bonchev–Trinajstić information content (AvgIpc) is 3.37. The van der Waals surface area contributed by atoms with Crippen LogP contribution >= 0.6 is 0 Å². The molecule has 1 heterocycles. The van der Waals surface area contributed by atoms with Gasteiger partial charge in [-0.1, -0.05) is 216 Å². The smallest absolute Gasteiger partial charge is 0.335 e. The second-order valence-corrected chi connectivity index (χ2v) is 19.9. The molecule has 0 aromatic rings. The van der Waals surface area contributed by atoms with Gasteiger partial charge in [0.1, 0.15) is 18.8 Å². The molecule has 1 aliphatic rings. The lowest BCUT2D eigenvalue weighted by molar-refractivity contribution is -0.301. The minimum absolute atomic E-state index is 0.0437. The number of rotatable bonds is 49. The maximum atomic E-state index is 13.1. The Hall–Kier alpha value is -3.58. The molecule has 420 valence electrons. The molecular formula is C61H104O12. The summed E-state index contributed by atoms with van der Waals surface area (Å²) in [4.78, 5) is 51.1. The lowest BCUT2D eigenvalue weighted by Crippen LogP contribution is -2.61. The molecule has 73 heavy (non-hydrogen) atoms. The first kappa shape index (κ1) is 67.4. The standard InChI is InChI=1S/C61H104O12/c1-4-7-10-13-16-19-22-25-26-27-28-31-32-35-38-41-44-47-53(62)69-50-52(71-54(63)48-45-42-39-36-33-29-23-20-17-14-11-8-5-2)51-70-61-59(57(66)56(65)58(73-61)60(67)68)72-55(64)49-46-43-40-37-34-30-24-21-18-15-12-9-6-3/h7,10,12,15-16,19,21,24-26,52,56-59,61,65-66H,4-6,8-9,11,13-14,17-18,20,22-23,27-51H2,1-3H3,(H,67,68)/b10-7-,15-12-,19-16-,24-21-,26-25-. The highest BCUT2D eigenvalue weighted by Crippen LogP contribution is 2.26. The van der Waals surface area contributed by atoms with Gasteiger partial charge in [-0.3, -0.25) is 14.4 Å². The van der Waals surface area contributed by atoms with Gasteiger partial charge < -0.3 is 39.0 Å². The molecule has 0 radical (unpaired) electrons. The second kappa shape index (κ2) is 49.3. The topological polar surface area (TPSA) is 175 Å². The van der Waals surface area contributed by atoms with E-state index in [9.17, 15) is 34.5 Å². The quantitative estimate of drug-likeness (QED) is 0.0228. The van der Waals surface area contributed by atoms with Crippen molar-refractivity contribution in [3.8, 4) is 0 Å². The molecule has 1 rings (SSSR count). The highest BCUT2D eigenvalue weighted by molar-refractivity contribution is 5.74. The number of carbonyl (C=O) groups excluding carboxylic acids is 3. The molecular weight excluding hydrogens is 925 g/mol. The number of hydrogen-bond acceptors (Lipinski definition) is 11. The highest BCUT2D eigenvalue weighted by atomic mass is 16.7. The SMILES string of the molecule is CC/C=C\C/C=C\C/C=C\CCCCCCCCCC(=O)OCC(COC1OC(C(=O)O)C(O)C(O)C1OC(=O)CCCCCCC/C=C\C/C=C\CCC)OC(=O)CCCCCCCCCCCCCCC. The summed E-state index contributed by atoms with van der Waals surface area (Å²) in [5, 5.41) is 31.4. The fourth-order valence-electron chi connectivity index (χ4n) is 8.60. The van der Waals surface area contributed by atoms with E-state index in [0.717, 1.165) is 122 Å². The lowest BCUT2D eigenvalue weighted by atomic mass is 9.98. The molecule has 0 amide bonds. The number of carboxylic acids is 1. The monoisotopic (exact) mass is 1030 g/mol. The van der Waals surface area contributed by atoms with Crippen molar-refractivity contribution in [1.29, 1.82) is 0 Å². The Morgan fingerprint density at radius 2 is 0.890 bits per heavy atom. The van der Waals surface area contributed by atoms with Crippen molar-refractivity contribution >= 4 is 23.9 Å². The summed E-state index contributed by atoms with van der Waals surface area (Å²) in [6.07, 6.45) is 47.6. The normalized spacial score (nSPS) is 18.7. The van der Waals surface area contributed by atoms with Crippen molar-refractivity contribution in [1.82, 2.24) is 0 Å². The van der Waals surface area contributed by atoms with Crippen molar-refractivity contribution in [2.75, 3.05) is 13.2 Å². The van der Waals surface area contributed by atoms with Crippen molar-refractivity contribution < 1.29 is 58.2 Å². The highest BCUT2D eigenvalue weighted by Gasteiger charge is 2.50. The van der Waals surface area contributed by atoms with Gasteiger partial charge in [0.05, 0.1) is 6.61 Å². The van der Waals surface area contributed by atoms with Gasteiger partial charge in [-0.05, 0) is 77.0 Å². The molecule has 1 fully saturated rings. The van der Waals surface area contributed by atoms with Gasteiger partial charge in [-0.2, -0.15) is 0 Å². The Kier molecular flexibility index (Phi) is 45.5. The first-order valence-corrected chi connectivity index (χ1v) is 29.3. The fraction of sp³-hybridized carbons (Fsp3) is 0.770. The van der Waals surface area contributed by atoms with Gasteiger partial charge in [0.2, 0.25) is 0 Å². The first-order chi connectivity index (χ1) is 35.6. The average molecular weight is 1030 g/mol. The summed E-state index contributed by atoms with van der Waals surface area (Å²) >= 11 is 0. The van der Waals surface area contributed by atoms with Gasteiger partial charge in [0, 0.05) is 19.3 Å². The summed E-state index contributed by atoms with van der Waals surface area (Å²) in [7, 11) is 0. The van der Waals surface area contributed by atoms with Gasteiger partial charge >= 0.3 is 23.9 Å². The molecule has 3 N–H and O–H groups in total. The van der Waals surface area contributed by atoms with Crippen LogP contribution in [0.1, 0.15) is 252 Å². The number of esters is 3. The molecule has 0 bridgehead atoms. The van der Waals surface area contributed by atoms with E-state index in [-0.39, 0.29) is 25.9 Å². The first-order valence-electron chi connectivity index (χ1n) is 29.3. The summed E-state index contributed by atoms with van der Waals surface area (Å²) in [6, 6.07) is 0. The van der Waals surface area contributed by atoms with E-state index in [1.807, 2.05) is 0 Å². The fourth-order valence-corrected chi connectivity index (χ4v) is 8.60. The Labute approximate surface area is 443 Å². The van der Waals surface area contributed by atoms with Crippen LogP contribution in [-0.2, 0) is 42.9 Å². The van der Waals surface area contributed by atoms with E-state index >= 15 is 0 Å². The molecule has 6 atom stereocenters. The van der Waals surface area contributed by atoms with Gasteiger partial charge in [-0.15, -0.1) is 0 Å². The lowest BCUT2D eigenvalue weighted by Gasteiger charge is -2.40. The number of aliphatic hydroxyl groups excluding tert-OH is 2. The van der Waals surface area contributed by atoms with E-state index in [1.54, 1.807) is 0 Å². The predicted molar refractivity (Wildman–Crippen MR) is 294 cm³/mol. The predicted octanol–water partition coefficient (Wildman–Crippen LogP) is 14.8. The van der Waals surface area contributed by atoms with Crippen molar-refractivity contribution in [3.05, 3.63) is 60.8 Å². The molecule has 12 nitrogen and oxygen atoms in total. The third-order valence-corrected chi connectivity index (χ3v) is 13.1. The van der Waals surface area contributed by atoms with E-state index in [0.29, 0.717) is 19.3 Å². The summed E-state index contributed by atoms with van der Waals surface area (Å²) in [5.41, 5.74) is 0. The maximum Gasteiger partial charge on any atom is 0.335 e. The van der Waals surface area contributed by atoms with Crippen LogP contribution in [0.4, 0.5) is 0 Å².